The zero-order chi connectivity index (χ0) is 12.1. The van der Waals surface area contributed by atoms with Gasteiger partial charge in [-0.15, -0.1) is 0 Å². The second kappa shape index (κ2) is 5.51. The van der Waals surface area contributed by atoms with Crippen LogP contribution in [0.2, 0.25) is 0 Å². The van der Waals surface area contributed by atoms with Gasteiger partial charge in [0.05, 0.1) is 11.3 Å². The van der Waals surface area contributed by atoms with Crippen molar-refractivity contribution in [2.24, 2.45) is 0 Å². The van der Waals surface area contributed by atoms with Crippen LogP contribution in [0.3, 0.4) is 0 Å². The van der Waals surface area contributed by atoms with E-state index in [1.807, 2.05) is 13.0 Å². The summed E-state index contributed by atoms with van der Waals surface area (Å²) in [6.45, 7) is 7.21. The molecule has 1 rings (SSSR count). The third kappa shape index (κ3) is 2.73. The average molecular weight is 235 g/mol. The monoisotopic (exact) mass is 235 g/mol. The molecule has 0 unspecified atom stereocenters. The quantitative estimate of drug-likeness (QED) is 0.869. The molecule has 0 atom stereocenters. The predicted molar refractivity (Wildman–Crippen MR) is 67.4 cm³/mol. The molecule has 16 heavy (non-hydrogen) atoms. The molecule has 4 heteroatoms. The number of hydrogen-bond donors (Lipinski definition) is 1. The molecule has 0 aliphatic carbocycles. The Kier molecular flexibility index (Phi) is 4.31. The first-order chi connectivity index (χ1) is 7.60. The lowest BCUT2D eigenvalue weighted by Crippen LogP contribution is -2.02. The number of pyridine rings is 1. The van der Waals surface area contributed by atoms with Gasteiger partial charge in [-0.05, 0) is 25.3 Å². The van der Waals surface area contributed by atoms with Crippen molar-refractivity contribution in [3.8, 4) is 0 Å². The number of hydrogen-bond acceptors (Lipinski definition) is 3. The first kappa shape index (κ1) is 12.5. The van der Waals surface area contributed by atoms with Crippen LogP contribution >= 0.6 is 11.8 Å². The normalized spacial score (nSPS) is 11.2. The van der Waals surface area contributed by atoms with Crippen molar-refractivity contribution >= 4 is 22.6 Å². The molecular weight excluding hydrogens is 222 g/mol. The van der Waals surface area contributed by atoms with E-state index in [2.05, 4.69) is 11.6 Å². The van der Waals surface area contributed by atoms with E-state index in [-0.39, 0.29) is 5.56 Å². The maximum atomic E-state index is 11.0. The summed E-state index contributed by atoms with van der Waals surface area (Å²) in [7, 11) is 0. The Hall–Kier alpha value is -1.55. The van der Waals surface area contributed by atoms with Gasteiger partial charge in [0.15, 0.2) is 0 Å². The number of aryl methyl sites for hydroxylation is 1. The van der Waals surface area contributed by atoms with E-state index in [1.54, 1.807) is 24.6 Å². The minimum atomic E-state index is -0.953. The summed E-state index contributed by atoms with van der Waals surface area (Å²) in [5, 5.41) is 10.7. The number of carboxylic acid groups (broad SMARTS) is 1. The zero-order valence-corrected chi connectivity index (χ0v) is 10.0. The SMILES string of the molecule is C=CS/C(=C\C)c1cnc(C)c(C(=O)O)c1. The van der Waals surface area contributed by atoms with Gasteiger partial charge in [-0.3, -0.25) is 4.98 Å². The highest BCUT2D eigenvalue weighted by Crippen LogP contribution is 2.28. The fraction of sp³-hybridized carbons (Fsp3) is 0.167. The average Bonchev–Trinajstić information content (AvgIpc) is 2.26. The summed E-state index contributed by atoms with van der Waals surface area (Å²) >= 11 is 1.45. The summed E-state index contributed by atoms with van der Waals surface area (Å²) in [6, 6.07) is 1.64. The number of rotatable bonds is 4. The molecule has 0 amide bonds. The standard InChI is InChI=1S/C12H13NO2S/c1-4-11(16-5-2)9-6-10(12(14)15)8(3)13-7-9/h4-7H,2H2,1,3H3,(H,14,15)/b11-4-. The van der Waals surface area contributed by atoms with Crippen LogP contribution in [-0.4, -0.2) is 16.1 Å². The molecule has 0 fully saturated rings. The van der Waals surface area contributed by atoms with Crippen molar-refractivity contribution in [1.82, 2.24) is 4.98 Å². The highest BCUT2D eigenvalue weighted by Gasteiger charge is 2.10. The molecule has 1 heterocycles. The summed E-state index contributed by atoms with van der Waals surface area (Å²) in [4.78, 5) is 16.0. The van der Waals surface area contributed by atoms with Crippen molar-refractivity contribution in [1.29, 1.82) is 0 Å². The van der Waals surface area contributed by atoms with E-state index in [1.165, 1.54) is 11.8 Å². The Morgan fingerprint density at radius 3 is 2.81 bits per heavy atom. The number of aromatic carboxylic acids is 1. The van der Waals surface area contributed by atoms with E-state index in [9.17, 15) is 4.79 Å². The van der Waals surface area contributed by atoms with E-state index in [0.29, 0.717) is 5.69 Å². The summed E-state index contributed by atoms with van der Waals surface area (Å²) < 4.78 is 0. The smallest absolute Gasteiger partial charge is 0.337 e. The van der Waals surface area contributed by atoms with Gasteiger partial charge < -0.3 is 5.11 Å². The number of carbonyl (C=O) groups is 1. The van der Waals surface area contributed by atoms with Crippen molar-refractivity contribution in [3.05, 3.63) is 47.1 Å². The van der Waals surface area contributed by atoms with Crippen LogP contribution in [0.5, 0.6) is 0 Å². The summed E-state index contributed by atoms with van der Waals surface area (Å²) in [5.41, 5.74) is 1.56. The minimum Gasteiger partial charge on any atom is -0.478 e. The molecule has 0 radical (unpaired) electrons. The lowest BCUT2D eigenvalue weighted by atomic mass is 10.1. The van der Waals surface area contributed by atoms with Gasteiger partial charge in [-0.25, -0.2) is 4.79 Å². The fourth-order valence-electron chi connectivity index (χ4n) is 1.28. The third-order valence-electron chi connectivity index (χ3n) is 2.07. The largest absolute Gasteiger partial charge is 0.478 e. The lowest BCUT2D eigenvalue weighted by Gasteiger charge is -2.06. The summed E-state index contributed by atoms with van der Waals surface area (Å²) in [6.07, 6.45) is 3.58. The van der Waals surface area contributed by atoms with Gasteiger partial charge in [0.25, 0.3) is 0 Å². The predicted octanol–water partition coefficient (Wildman–Crippen LogP) is 3.33. The molecule has 0 aliphatic heterocycles. The first-order valence-corrected chi connectivity index (χ1v) is 5.62. The van der Waals surface area contributed by atoms with Gasteiger partial charge in [0.2, 0.25) is 0 Å². The first-order valence-electron chi connectivity index (χ1n) is 4.74. The number of carboxylic acids is 1. The Morgan fingerprint density at radius 2 is 2.31 bits per heavy atom. The second-order valence-electron chi connectivity index (χ2n) is 3.10. The van der Waals surface area contributed by atoms with E-state index in [4.69, 9.17) is 5.11 Å². The van der Waals surface area contributed by atoms with Crippen molar-refractivity contribution in [2.45, 2.75) is 13.8 Å². The second-order valence-corrected chi connectivity index (χ2v) is 4.11. The maximum Gasteiger partial charge on any atom is 0.337 e. The van der Waals surface area contributed by atoms with Crippen LogP contribution in [0.25, 0.3) is 4.91 Å². The van der Waals surface area contributed by atoms with Crippen molar-refractivity contribution in [2.75, 3.05) is 0 Å². The Bertz CT molecular complexity index is 452. The minimum absolute atomic E-state index is 0.238. The molecule has 0 aliphatic rings. The molecule has 84 valence electrons. The van der Waals surface area contributed by atoms with Crippen LogP contribution in [0.15, 0.2) is 30.3 Å². The number of thioether (sulfide) groups is 1. The summed E-state index contributed by atoms with van der Waals surface area (Å²) in [5.74, 6) is -0.953. The zero-order valence-electron chi connectivity index (χ0n) is 9.23. The van der Waals surface area contributed by atoms with Crippen LogP contribution in [0.1, 0.15) is 28.5 Å². The Morgan fingerprint density at radius 1 is 1.62 bits per heavy atom. The Labute approximate surface area is 98.9 Å². The van der Waals surface area contributed by atoms with Gasteiger partial charge >= 0.3 is 5.97 Å². The molecule has 0 saturated heterocycles. The van der Waals surface area contributed by atoms with Crippen LogP contribution in [0.4, 0.5) is 0 Å². The van der Waals surface area contributed by atoms with Crippen LogP contribution < -0.4 is 0 Å². The molecule has 0 spiro atoms. The molecule has 3 nitrogen and oxygen atoms in total. The molecule has 1 aromatic rings. The molecule has 0 bridgehead atoms. The van der Waals surface area contributed by atoms with Crippen LogP contribution in [0, 0.1) is 6.92 Å². The van der Waals surface area contributed by atoms with Gasteiger partial charge in [-0.1, -0.05) is 24.4 Å². The fourth-order valence-corrected chi connectivity index (χ4v) is 1.84. The number of allylic oxidation sites excluding steroid dienone is 1. The van der Waals surface area contributed by atoms with Crippen molar-refractivity contribution < 1.29 is 9.90 Å². The molecule has 1 N–H and O–H groups in total. The molecule has 0 saturated carbocycles. The van der Waals surface area contributed by atoms with E-state index < -0.39 is 5.97 Å². The van der Waals surface area contributed by atoms with Gasteiger partial charge in [-0.2, -0.15) is 0 Å². The Balaban J connectivity index is 3.21. The molecule has 0 aromatic carbocycles. The molecule has 1 aromatic heterocycles. The van der Waals surface area contributed by atoms with Crippen LogP contribution in [-0.2, 0) is 0 Å². The van der Waals surface area contributed by atoms with E-state index >= 15 is 0 Å². The maximum absolute atomic E-state index is 11.0. The molecular formula is C12H13NO2S. The van der Waals surface area contributed by atoms with Gasteiger partial charge in [0.1, 0.15) is 0 Å². The third-order valence-corrected chi connectivity index (χ3v) is 2.97. The highest BCUT2D eigenvalue weighted by molar-refractivity contribution is 8.10. The number of aromatic nitrogens is 1. The number of nitrogens with zero attached hydrogens (tertiary/aromatic N) is 1. The van der Waals surface area contributed by atoms with Gasteiger partial charge in [0, 0.05) is 16.7 Å². The topological polar surface area (TPSA) is 50.2 Å². The van der Waals surface area contributed by atoms with Crippen molar-refractivity contribution in [3.63, 3.8) is 0 Å². The van der Waals surface area contributed by atoms with E-state index in [0.717, 1.165) is 10.5 Å². The highest BCUT2D eigenvalue weighted by atomic mass is 32.2. The lowest BCUT2D eigenvalue weighted by molar-refractivity contribution is 0.0695.